The molecule has 0 amide bonds. The first-order valence-corrected chi connectivity index (χ1v) is 17.6. The first kappa shape index (κ1) is 28.2. The zero-order valence-electron chi connectivity index (χ0n) is 27.8. The van der Waals surface area contributed by atoms with Crippen molar-refractivity contribution >= 4 is 43.7 Å². The second-order valence-corrected chi connectivity index (χ2v) is 13.6. The van der Waals surface area contributed by atoms with Gasteiger partial charge in [0.25, 0.3) is 0 Å². The Morgan fingerprint density at radius 3 is 2.02 bits per heavy atom. The van der Waals surface area contributed by atoms with E-state index in [-0.39, 0.29) is 5.92 Å². The fraction of sp³-hybridized carbons (Fsp3) is 0.0204. The molecule has 0 bridgehead atoms. The van der Waals surface area contributed by atoms with Crippen molar-refractivity contribution in [2.24, 2.45) is 0 Å². The zero-order valence-corrected chi connectivity index (χ0v) is 27.8. The van der Waals surface area contributed by atoms with Gasteiger partial charge in [-0.2, -0.15) is 0 Å². The van der Waals surface area contributed by atoms with Gasteiger partial charge in [0.15, 0.2) is 0 Å². The van der Waals surface area contributed by atoms with Crippen molar-refractivity contribution in [1.29, 1.82) is 0 Å². The molecule has 1 aliphatic rings. The second-order valence-electron chi connectivity index (χ2n) is 13.6. The summed E-state index contributed by atoms with van der Waals surface area (Å²) in [5.41, 5.74) is 16.8. The highest BCUT2D eigenvalue weighted by Gasteiger charge is 2.30. The molecule has 2 nitrogen and oxygen atoms in total. The van der Waals surface area contributed by atoms with Crippen molar-refractivity contribution in [3.8, 4) is 39.1 Å². The Labute approximate surface area is 295 Å². The number of hydrogen-bond acceptors (Lipinski definition) is 1. The van der Waals surface area contributed by atoms with Crippen LogP contribution in [0.3, 0.4) is 0 Å². The number of para-hydroxylation sites is 3. The summed E-state index contributed by atoms with van der Waals surface area (Å²) in [6.45, 7) is 0. The van der Waals surface area contributed by atoms with Crippen LogP contribution >= 0.6 is 0 Å². The molecule has 1 unspecified atom stereocenters. The van der Waals surface area contributed by atoms with Crippen LogP contribution in [0.15, 0.2) is 186 Å². The van der Waals surface area contributed by atoms with Crippen LogP contribution in [0.2, 0.25) is 0 Å². The highest BCUT2D eigenvalue weighted by molar-refractivity contribution is 6.11. The van der Waals surface area contributed by atoms with Crippen LogP contribution in [0.25, 0.3) is 82.8 Å². The molecule has 51 heavy (non-hydrogen) atoms. The minimum absolute atomic E-state index is 0.251. The fourth-order valence-corrected chi connectivity index (χ4v) is 8.60. The standard InChI is InChI=1S/C49H31NO/c1-2-12-31(13-3-1)48-40-19-5-4-16-37(40)43-29-32(24-26-41(43)48)33-25-27-46-44(30-33)38-17-6-8-22-45(38)50(46)35-15-10-14-34(28-35)36-20-11-21-42-39-18-7-9-23-47(39)51-49(36)42/h1-30,48H. The van der Waals surface area contributed by atoms with Gasteiger partial charge in [0, 0.05) is 38.7 Å². The van der Waals surface area contributed by atoms with E-state index in [1.54, 1.807) is 0 Å². The lowest BCUT2D eigenvalue weighted by Gasteiger charge is -2.14. The summed E-state index contributed by atoms with van der Waals surface area (Å²) in [6, 6.07) is 66.2. The molecule has 8 aromatic carbocycles. The van der Waals surface area contributed by atoms with Crippen molar-refractivity contribution in [2.45, 2.75) is 5.92 Å². The van der Waals surface area contributed by atoms with Gasteiger partial charge in [-0.05, 0) is 87.0 Å². The van der Waals surface area contributed by atoms with E-state index in [2.05, 4.69) is 174 Å². The fourth-order valence-electron chi connectivity index (χ4n) is 8.60. The maximum atomic E-state index is 6.43. The quantitative estimate of drug-likeness (QED) is 0.186. The summed E-state index contributed by atoms with van der Waals surface area (Å²) in [5.74, 6) is 0.251. The van der Waals surface area contributed by atoms with Gasteiger partial charge in [0.2, 0.25) is 0 Å². The summed E-state index contributed by atoms with van der Waals surface area (Å²) in [7, 11) is 0. The average molecular weight is 650 g/mol. The molecule has 0 aliphatic heterocycles. The molecule has 2 aromatic heterocycles. The molecule has 238 valence electrons. The number of furan rings is 1. The van der Waals surface area contributed by atoms with Crippen LogP contribution in [-0.2, 0) is 0 Å². The topological polar surface area (TPSA) is 18.1 Å². The van der Waals surface area contributed by atoms with Crippen molar-refractivity contribution in [2.75, 3.05) is 0 Å². The molecule has 0 saturated heterocycles. The maximum absolute atomic E-state index is 6.43. The number of aromatic nitrogens is 1. The number of nitrogens with zero attached hydrogens (tertiary/aromatic N) is 1. The van der Waals surface area contributed by atoms with Gasteiger partial charge in [0.05, 0.1) is 11.0 Å². The van der Waals surface area contributed by atoms with Crippen molar-refractivity contribution in [3.63, 3.8) is 0 Å². The second kappa shape index (κ2) is 10.9. The lowest BCUT2D eigenvalue weighted by molar-refractivity contribution is 0.670. The van der Waals surface area contributed by atoms with Gasteiger partial charge < -0.3 is 8.98 Å². The molecule has 10 aromatic rings. The minimum atomic E-state index is 0.251. The molecule has 2 heterocycles. The molecular formula is C49H31NO. The minimum Gasteiger partial charge on any atom is -0.455 e. The van der Waals surface area contributed by atoms with E-state index in [1.165, 1.54) is 60.8 Å². The van der Waals surface area contributed by atoms with E-state index in [0.29, 0.717) is 0 Å². The molecule has 0 saturated carbocycles. The normalized spacial score (nSPS) is 13.7. The zero-order chi connectivity index (χ0) is 33.5. The molecular weight excluding hydrogens is 619 g/mol. The van der Waals surface area contributed by atoms with Crippen LogP contribution in [0.1, 0.15) is 22.6 Å². The number of hydrogen-bond donors (Lipinski definition) is 0. The third-order valence-electron chi connectivity index (χ3n) is 10.9. The van der Waals surface area contributed by atoms with Crippen LogP contribution in [0.4, 0.5) is 0 Å². The summed E-state index contributed by atoms with van der Waals surface area (Å²) in [4.78, 5) is 0. The molecule has 0 N–H and O–H groups in total. The van der Waals surface area contributed by atoms with E-state index >= 15 is 0 Å². The van der Waals surface area contributed by atoms with Gasteiger partial charge in [-0.15, -0.1) is 0 Å². The Hall–Kier alpha value is -6.64. The largest absolute Gasteiger partial charge is 0.455 e. The highest BCUT2D eigenvalue weighted by atomic mass is 16.3. The highest BCUT2D eigenvalue weighted by Crippen LogP contribution is 2.49. The van der Waals surface area contributed by atoms with E-state index in [4.69, 9.17) is 4.42 Å². The Kier molecular flexibility index (Phi) is 6.05. The first-order chi connectivity index (χ1) is 25.3. The molecule has 0 spiro atoms. The molecule has 1 atom stereocenters. The summed E-state index contributed by atoms with van der Waals surface area (Å²) in [6.07, 6.45) is 0. The maximum Gasteiger partial charge on any atom is 0.143 e. The van der Waals surface area contributed by atoms with Gasteiger partial charge in [-0.25, -0.2) is 0 Å². The number of fused-ring (bicyclic) bond motifs is 9. The van der Waals surface area contributed by atoms with Gasteiger partial charge in [0.1, 0.15) is 11.2 Å². The third kappa shape index (κ3) is 4.23. The third-order valence-corrected chi connectivity index (χ3v) is 10.9. The van der Waals surface area contributed by atoms with Crippen LogP contribution in [0.5, 0.6) is 0 Å². The smallest absolute Gasteiger partial charge is 0.143 e. The molecule has 0 radical (unpaired) electrons. The predicted octanol–water partition coefficient (Wildman–Crippen LogP) is 13.2. The molecule has 2 heteroatoms. The Balaban J connectivity index is 1.05. The van der Waals surface area contributed by atoms with E-state index < -0.39 is 0 Å². The van der Waals surface area contributed by atoms with Gasteiger partial charge >= 0.3 is 0 Å². The van der Waals surface area contributed by atoms with Crippen molar-refractivity contribution in [1.82, 2.24) is 4.57 Å². The summed E-state index contributed by atoms with van der Waals surface area (Å²) < 4.78 is 8.84. The lowest BCUT2D eigenvalue weighted by Crippen LogP contribution is -1.98. The van der Waals surface area contributed by atoms with Gasteiger partial charge in [-0.3, -0.25) is 0 Å². The Morgan fingerprint density at radius 1 is 0.392 bits per heavy atom. The van der Waals surface area contributed by atoms with Crippen molar-refractivity contribution in [3.05, 3.63) is 199 Å². The van der Waals surface area contributed by atoms with Crippen LogP contribution in [0, 0.1) is 0 Å². The molecule has 1 aliphatic carbocycles. The monoisotopic (exact) mass is 649 g/mol. The SMILES string of the molecule is c1ccc(C2c3ccccc3-c3cc(-c4ccc5c(c4)c4ccccc4n5-c4cccc(-c5cccc6c5oc5ccccc56)c4)ccc32)cc1. The predicted molar refractivity (Wildman–Crippen MR) is 212 cm³/mol. The molecule has 11 rings (SSSR count). The number of rotatable bonds is 4. The molecule has 0 fully saturated rings. The van der Waals surface area contributed by atoms with Crippen LogP contribution in [-0.4, -0.2) is 4.57 Å². The number of benzene rings is 8. The van der Waals surface area contributed by atoms with Gasteiger partial charge in [-0.1, -0.05) is 140 Å². The van der Waals surface area contributed by atoms with E-state index in [0.717, 1.165) is 38.8 Å². The Morgan fingerprint density at radius 2 is 1.08 bits per heavy atom. The summed E-state index contributed by atoms with van der Waals surface area (Å²) >= 11 is 0. The summed E-state index contributed by atoms with van der Waals surface area (Å²) in [5, 5.41) is 4.78. The van der Waals surface area contributed by atoms with Crippen molar-refractivity contribution < 1.29 is 4.42 Å². The average Bonchev–Trinajstić information content (AvgIpc) is 3.85. The first-order valence-electron chi connectivity index (χ1n) is 17.6. The lowest BCUT2D eigenvalue weighted by atomic mass is 9.89. The van der Waals surface area contributed by atoms with E-state index in [9.17, 15) is 0 Å². The van der Waals surface area contributed by atoms with E-state index in [1.807, 2.05) is 12.1 Å². The van der Waals surface area contributed by atoms with Crippen LogP contribution < -0.4 is 0 Å². The Bertz CT molecular complexity index is 2980.